The number of carbonyl (C=O) groups excluding carboxylic acids is 1. The highest BCUT2D eigenvalue weighted by Crippen LogP contribution is 2.44. The lowest BCUT2D eigenvalue weighted by Gasteiger charge is -2.24. The van der Waals surface area contributed by atoms with Gasteiger partial charge in [-0.25, -0.2) is 20.0 Å². The average molecular weight is 448 g/mol. The van der Waals surface area contributed by atoms with Crippen molar-refractivity contribution in [3.63, 3.8) is 0 Å². The molecule has 3 aromatic rings. The first kappa shape index (κ1) is 22.7. The summed E-state index contributed by atoms with van der Waals surface area (Å²) in [5.41, 5.74) is 6.89. The number of fused-ring (bicyclic) bond motifs is 1. The highest BCUT2D eigenvalue weighted by Gasteiger charge is 2.31. The summed E-state index contributed by atoms with van der Waals surface area (Å²) in [6.07, 6.45) is 2.31. The smallest absolute Gasteiger partial charge is 0.342 e. The molecule has 1 aromatic carbocycles. The van der Waals surface area contributed by atoms with E-state index in [-0.39, 0.29) is 12.5 Å². The maximum absolute atomic E-state index is 13.5. The quantitative estimate of drug-likeness (QED) is 0.350. The Morgan fingerprint density at radius 2 is 1.97 bits per heavy atom. The second-order valence-corrected chi connectivity index (χ2v) is 8.93. The molecule has 0 bridgehead atoms. The third-order valence-electron chi connectivity index (χ3n) is 4.35. The third-order valence-corrected chi connectivity index (χ3v) is 6.13. The van der Waals surface area contributed by atoms with Crippen LogP contribution in [-0.4, -0.2) is 51.1 Å². The number of ether oxygens (including phenoxy) is 2. The molecule has 0 radical (unpaired) electrons. The molecule has 0 amide bonds. The maximum atomic E-state index is 13.5. The van der Waals surface area contributed by atoms with E-state index < -0.39 is 19.5 Å². The van der Waals surface area contributed by atoms with Crippen molar-refractivity contribution in [2.24, 2.45) is 0 Å². The molecule has 0 unspecified atom stereocenters. The average Bonchev–Trinajstić information content (AvgIpc) is 3.16. The number of aromatic nitrogens is 4. The van der Waals surface area contributed by atoms with Gasteiger partial charge in [-0.15, -0.1) is 0 Å². The summed E-state index contributed by atoms with van der Waals surface area (Å²) in [4.78, 5) is 24.1. The van der Waals surface area contributed by atoms with Crippen LogP contribution in [0.1, 0.15) is 13.8 Å². The second kappa shape index (κ2) is 9.86. The molecule has 3 atom stereocenters. The van der Waals surface area contributed by atoms with Gasteiger partial charge in [-0.3, -0.25) is 9.36 Å². The molecule has 11 nitrogen and oxygen atoms in total. The minimum Gasteiger partial charge on any atom is -0.468 e. The van der Waals surface area contributed by atoms with Crippen molar-refractivity contribution >= 4 is 30.5 Å². The van der Waals surface area contributed by atoms with Crippen LogP contribution in [0, 0.1) is 0 Å². The van der Waals surface area contributed by atoms with Gasteiger partial charge in [0.25, 0.3) is 0 Å². The van der Waals surface area contributed by atoms with E-state index in [0.717, 1.165) is 0 Å². The zero-order chi connectivity index (χ0) is 22.4. The van der Waals surface area contributed by atoms with Crippen LogP contribution in [0.3, 0.4) is 0 Å². The molecule has 0 saturated carbocycles. The SMILES string of the molecule is COC(=O)[C@H](C)N[P@](=O)(CO[C@H](C)Cn1cnc2c(N)ncnc21)Oc1ccccc1. The van der Waals surface area contributed by atoms with Gasteiger partial charge in [0.2, 0.25) is 0 Å². The van der Waals surface area contributed by atoms with Gasteiger partial charge in [0.05, 0.1) is 26.1 Å². The molecule has 3 N–H and O–H groups in total. The molecule has 12 heteroatoms. The Hall–Kier alpha value is -3.01. The largest absolute Gasteiger partial charge is 0.468 e. The summed E-state index contributed by atoms with van der Waals surface area (Å²) in [5, 5.41) is 2.72. The van der Waals surface area contributed by atoms with E-state index in [1.165, 1.54) is 20.4 Å². The zero-order valence-electron chi connectivity index (χ0n) is 17.5. The number of imidazole rings is 1. The minimum absolute atomic E-state index is 0.270. The van der Waals surface area contributed by atoms with E-state index in [1.807, 2.05) is 13.0 Å². The first-order chi connectivity index (χ1) is 14.8. The number of benzene rings is 1. The molecular formula is C19H25N6O5P. The fourth-order valence-electron chi connectivity index (χ4n) is 2.85. The van der Waals surface area contributed by atoms with Gasteiger partial charge in [0.15, 0.2) is 11.5 Å². The molecule has 166 valence electrons. The molecule has 0 spiro atoms. The Morgan fingerprint density at radius 3 is 2.68 bits per heavy atom. The Morgan fingerprint density at radius 1 is 1.23 bits per heavy atom. The molecule has 2 heterocycles. The minimum atomic E-state index is -3.61. The predicted octanol–water partition coefficient (Wildman–Crippen LogP) is 2.19. The number of nitrogen functional groups attached to an aromatic ring is 1. The van der Waals surface area contributed by atoms with Crippen LogP contribution in [0.5, 0.6) is 5.75 Å². The fourth-order valence-corrected chi connectivity index (χ4v) is 4.64. The van der Waals surface area contributed by atoms with Crippen LogP contribution in [0.2, 0.25) is 0 Å². The number of anilines is 1. The number of nitrogens with zero attached hydrogens (tertiary/aromatic N) is 4. The molecule has 0 aliphatic carbocycles. The number of hydrogen-bond donors (Lipinski definition) is 2. The lowest BCUT2D eigenvalue weighted by Crippen LogP contribution is -2.35. The van der Waals surface area contributed by atoms with Crippen LogP contribution in [0.4, 0.5) is 5.82 Å². The van der Waals surface area contributed by atoms with E-state index in [9.17, 15) is 9.36 Å². The molecule has 0 aliphatic heterocycles. The lowest BCUT2D eigenvalue weighted by molar-refractivity contribution is -0.142. The highest BCUT2D eigenvalue weighted by molar-refractivity contribution is 7.57. The summed E-state index contributed by atoms with van der Waals surface area (Å²) in [5.74, 6) is 0.116. The second-order valence-electron chi connectivity index (χ2n) is 6.89. The van der Waals surface area contributed by atoms with Crippen molar-refractivity contribution in [2.45, 2.75) is 32.5 Å². The van der Waals surface area contributed by atoms with Crippen LogP contribution in [0.15, 0.2) is 43.0 Å². The van der Waals surface area contributed by atoms with Gasteiger partial charge in [-0.05, 0) is 26.0 Å². The van der Waals surface area contributed by atoms with E-state index in [1.54, 1.807) is 35.2 Å². The number of para-hydroxylation sites is 1. The molecular weight excluding hydrogens is 423 g/mol. The summed E-state index contributed by atoms with van der Waals surface area (Å²) < 4.78 is 31.4. The number of methoxy groups -OCH3 is 1. The van der Waals surface area contributed by atoms with E-state index in [4.69, 9.17) is 19.7 Å². The number of carbonyl (C=O) groups is 1. The van der Waals surface area contributed by atoms with Gasteiger partial charge in [-0.1, -0.05) is 18.2 Å². The van der Waals surface area contributed by atoms with E-state index in [0.29, 0.717) is 29.3 Å². The predicted molar refractivity (Wildman–Crippen MR) is 114 cm³/mol. The van der Waals surface area contributed by atoms with Gasteiger partial charge in [0.1, 0.15) is 30.0 Å². The van der Waals surface area contributed by atoms with Crippen LogP contribution in [0.25, 0.3) is 11.2 Å². The molecule has 2 aromatic heterocycles. The first-order valence-corrected chi connectivity index (χ1v) is 11.3. The van der Waals surface area contributed by atoms with Crippen molar-refractivity contribution in [3.8, 4) is 5.75 Å². The number of nitrogens with two attached hydrogens (primary N) is 1. The zero-order valence-corrected chi connectivity index (χ0v) is 18.4. The Labute approximate surface area is 179 Å². The number of rotatable bonds is 10. The molecule has 31 heavy (non-hydrogen) atoms. The first-order valence-electron chi connectivity index (χ1n) is 9.53. The lowest BCUT2D eigenvalue weighted by atomic mass is 10.3. The van der Waals surface area contributed by atoms with Crippen molar-refractivity contribution < 1.29 is 23.4 Å². The van der Waals surface area contributed by atoms with Gasteiger partial charge in [0, 0.05) is 0 Å². The molecule has 0 aliphatic rings. The Kier molecular flexibility index (Phi) is 7.21. The Balaban J connectivity index is 1.70. The number of esters is 1. The summed E-state index contributed by atoms with van der Waals surface area (Å²) in [7, 11) is -2.35. The van der Waals surface area contributed by atoms with Crippen molar-refractivity contribution in [2.75, 3.05) is 19.2 Å². The van der Waals surface area contributed by atoms with E-state index >= 15 is 0 Å². The summed E-state index contributed by atoms with van der Waals surface area (Å²) >= 11 is 0. The maximum Gasteiger partial charge on any atom is 0.342 e. The standard InChI is InChI=1S/C19H25N6O5P/c1-13(9-25-11-23-16-17(20)21-10-22-18(16)25)29-12-31(27,24-14(2)19(26)28-3)30-15-7-5-4-6-8-15/h4-8,10-11,13-14H,9,12H2,1-3H3,(H,24,27)(H2,20,21,22)/t13-,14+,31+/m1/s1. The van der Waals surface area contributed by atoms with Crippen LogP contribution < -0.4 is 15.3 Å². The normalized spacial score (nSPS) is 15.2. The molecule has 0 saturated heterocycles. The van der Waals surface area contributed by atoms with Crippen LogP contribution in [-0.2, 0) is 25.4 Å². The van der Waals surface area contributed by atoms with E-state index in [2.05, 4.69) is 20.0 Å². The highest BCUT2D eigenvalue weighted by atomic mass is 31.2. The third kappa shape index (κ3) is 5.78. The number of nitrogens with one attached hydrogen (secondary N) is 1. The van der Waals surface area contributed by atoms with Crippen molar-refractivity contribution in [3.05, 3.63) is 43.0 Å². The number of hydrogen-bond acceptors (Lipinski definition) is 9. The summed E-state index contributed by atoms with van der Waals surface area (Å²) in [6, 6.07) is 7.81. The Bertz CT molecular complexity index is 1080. The topological polar surface area (TPSA) is 143 Å². The summed E-state index contributed by atoms with van der Waals surface area (Å²) in [6.45, 7) is 3.73. The molecule has 0 fully saturated rings. The van der Waals surface area contributed by atoms with Gasteiger partial charge >= 0.3 is 13.5 Å². The van der Waals surface area contributed by atoms with Crippen molar-refractivity contribution in [1.82, 2.24) is 24.6 Å². The van der Waals surface area contributed by atoms with Gasteiger partial charge < -0.3 is 24.3 Å². The molecule has 3 rings (SSSR count). The monoisotopic (exact) mass is 448 g/mol. The van der Waals surface area contributed by atoms with Gasteiger partial charge in [-0.2, -0.15) is 0 Å². The fraction of sp³-hybridized carbons (Fsp3) is 0.368. The van der Waals surface area contributed by atoms with Crippen LogP contribution >= 0.6 is 7.52 Å². The van der Waals surface area contributed by atoms with Crippen molar-refractivity contribution in [1.29, 1.82) is 0 Å².